The normalized spacial score (nSPS) is 12.3. The molecule has 1 atom stereocenters. The summed E-state index contributed by atoms with van der Waals surface area (Å²) in [4.78, 5) is 5.53. The minimum atomic E-state index is -2.89. The smallest absolute Gasteiger partial charge is 0.387 e. The number of rotatable bonds is 9. The standard InChI is InChI=1S/C19H25F2N3O2S.HI/c1-13(17-5-4-10-27-17)12-24-19(22-2)23-9-8-14-6-7-15(25-3)16(11-14)26-18(20)21;/h4-7,10-11,13,18H,8-9,12H2,1-3H3,(H2,22,23,24);1H. The maximum atomic E-state index is 12.5. The minimum Gasteiger partial charge on any atom is -0.493 e. The van der Waals surface area contributed by atoms with Crippen LogP contribution in [0.2, 0.25) is 0 Å². The third kappa shape index (κ3) is 7.78. The number of methoxy groups -OCH3 is 1. The molecule has 9 heteroatoms. The zero-order chi connectivity index (χ0) is 19.6. The third-order valence-corrected chi connectivity index (χ3v) is 5.08. The van der Waals surface area contributed by atoms with Crippen molar-refractivity contribution in [2.24, 2.45) is 4.99 Å². The number of aliphatic imine (C=N–C) groups is 1. The van der Waals surface area contributed by atoms with E-state index in [-0.39, 0.29) is 35.5 Å². The molecule has 2 aromatic rings. The summed E-state index contributed by atoms with van der Waals surface area (Å²) in [7, 11) is 3.13. The quantitative estimate of drug-likeness (QED) is 0.288. The Hall–Kier alpha value is -1.62. The first-order valence-corrected chi connectivity index (χ1v) is 9.51. The van der Waals surface area contributed by atoms with E-state index in [0.717, 1.165) is 12.1 Å². The molecule has 0 amide bonds. The van der Waals surface area contributed by atoms with Gasteiger partial charge in [-0.05, 0) is 35.6 Å². The van der Waals surface area contributed by atoms with Gasteiger partial charge < -0.3 is 20.1 Å². The molecule has 156 valence electrons. The van der Waals surface area contributed by atoms with E-state index in [4.69, 9.17) is 4.74 Å². The van der Waals surface area contributed by atoms with Crippen LogP contribution in [-0.4, -0.2) is 39.8 Å². The predicted octanol–water partition coefficient (Wildman–Crippen LogP) is 4.49. The van der Waals surface area contributed by atoms with Gasteiger partial charge in [0.2, 0.25) is 0 Å². The van der Waals surface area contributed by atoms with E-state index in [1.807, 2.05) is 12.1 Å². The Morgan fingerprint density at radius 1 is 1.21 bits per heavy atom. The average Bonchev–Trinajstić information content (AvgIpc) is 3.19. The van der Waals surface area contributed by atoms with Gasteiger partial charge in [-0.1, -0.05) is 19.1 Å². The van der Waals surface area contributed by atoms with Crippen LogP contribution in [0.5, 0.6) is 11.5 Å². The number of benzene rings is 1. The molecule has 1 heterocycles. The summed E-state index contributed by atoms with van der Waals surface area (Å²) in [5.41, 5.74) is 0.862. The van der Waals surface area contributed by atoms with Crippen LogP contribution in [0.3, 0.4) is 0 Å². The van der Waals surface area contributed by atoms with Gasteiger partial charge in [0.15, 0.2) is 17.5 Å². The SMILES string of the molecule is CN=C(NCCc1ccc(OC)c(OC(F)F)c1)NCC(C)c1cccs1.I. The molecule has 0 saturated carbocycles. The lowest BCUT2D eigenvalue weighted by Gasteiger charge is -2.15. The number of ether oxygens (including phenoxy) is 2. The Bertz CT molecular complexity index is 730. The van der Waals surface area contributed by atoms with Gasteiger partial charge in [0.1, 0.15) is 0 Å². The summed E-state index contributed by atoms with van der Waals surface area (Å²) < 4.78 is 34.6. The zero-order valence-electron chi connectivity index (χ0n) is 16.1. The fourth-order valence-electron chi connectivity index (χ4n) is 2.53. The van der Waals surface area contributed by atoms with Crippen molar-refractivity contribution in [3.05, 3.63) is 46.2 Å². The van der Waals surface area contributed by atoms with Crippen LogP contribution in [0.4, 0.5) is 8.78 Å². The van der Waals surface area contributed by atoms with E-state index in [1.165, 1.54) is 12.0 Å². The highest BCUT2D eigenvalue weighted by Crippen LogP contribution is 2.29. The average molecular weight is 525 g/mol. The van der Waals surface area contributed by atoms with Gasteiger partial charge in [-0.25, -0.2) is 0 Å². The monoisotopic (exact) mass is 525 g/mol. The number of nitrogens with one attached hydrogen (secondary N) is 2. The molecular formula is C19H26F2IN3O2S. The molecule has 2 rings (SSSR count). The van der Waals surface area contributed by atoms with E-state index >= 15 is 0 Å². The molecule has 0 fully saturated rings. The fourth-order valence-corrected chi connectivity index (χ4v) is 3.32. The number of thiophene rings is 1. The summed E-state index contributed by atoms with van der Waals surface area (Å²) >= 11 is 1.74. The molecule has 0 aliphatic rings. The second-order valence-electron chi connectivity index (χ2n) is 5.91. The Balaban J connectivity index is 0.00000392. The number of hydrogen-bond donors (Lipinski definition) is 2. The molecule has 5 nitrogen and oxygen atoms in total. The molecule has 0 radical (unpaired) electrons. The molecule has 1 unspecified atom stereocenters. The van der Waals surface area contributed by atoms with Gasteiger partial charge in [0.25, 0.3) is 0 Å². The number of nitrogens with zero attached hydrogens (tertiary/aromatic N) is 1. The van der Waals surface area contributed by atoms with Crippen LogP contribution in [0, 0.1) is 0 Å². The van der Waals surface area contributed by atoms with Crippen molar-refractivity contribution in [3.8, 4) is 11.5 Å². The van der Waals surface area contributed by atoms with Crippen molar-refractivity contribution >= 4 is 41.3 Å². The first kappa shape index (κ1) is 24.4. The van der Waals surface area contributed by atoms with Crippen molar-refractivity contribution in [2.45, 2.75) is 25.9 Å². The number of alkyl halides is 2. The summed E-state index contributed by atoms with van der Waals surface area (Å²) in [6.45, 7) is 0.650. The van der Waals surface area contributed by atoms with Gasteiger partial charge in [-0.3, -0.25) is 4.99 Å². The molecule has 2 N–H and O–H groups in total. The van der Waals surface area contributed by atoms with Crippen molar-refractivity contribution in [3.63, 3.8) is 0 Å². The number of hydrogen-bond acceptors (Lipinski definition) is 4. The number of guanidine groups is 1. The molecule has 0 aliphatic heterocycles. The van der Waals surface area contributed by atoms with Gasteiger partial charge in [0.05, 0.1) is 7.11 Å². The second kappa shape index (κ2) is 12.8. The van der Waals surface area contributed by atoms with E-state index < -0.39 is 6.61 Å². The van der Waals surface area contributed by atoms with Crippen molar-refractivity contribution in [1.29, 1.82) is 0 Å². The second-order valence-corrected chi connectivity index (χ2v) is 6.89. The Labute approximate surface area is 185 Å². The Morgan fingerprint density at radius 3 is 2.61 bits per heavy atom. The van der Waals surface area contributed by atoms with E-state index in [1.54, 1.807) is 30.5 Å². The van der Waals surface area contributed by atoms with Gasteiger partial charge >= 0.3 is 6.61 Å². The maximum absolute atomic E-state index is 12.5. The highest BCUT2D eigenvalue weighted by molar-refractivity contribution is 14.0. The molecule has 1 aromatic carbocycles. The highest BCUT2D eigenvalue weighted by Gasteiger charge is 2.11. The van der Waals surface area contributed by atoms with E-state index in [2.05, 4.69) is 38.7 Å². The molecule has 1 aromatic heterocycles. The van der Waals surface area contributed by atoms with E-state index in [0.29, 0.717) is 24.8 Å². The lowest BCUT2D eigenvalue weighted by molar-refractivity contribution is -0.0512. The van der Waals surface area contributed by atoms with Crippen LogP contribution in [0.15, 0.2) is 40.7 Å². The Kier molecular flexibility index (Phi) is 11.1. The summed E-state index contributed by atoms with van der Waals surface area (Å²) in [6.07, 6.45) is 0.630. The zero-order valence-corrected chi connectivity index (χ0v) is 19.2. The van der Waals surface area contributed by atoms with Crippen LogP contribution in [0.1, 0.15) is 23.3 Å². The van der Waals surface area contributed by atoms with Crippen LogP contribution in [0.25, 0.3) is 0 Å². The lowest BCUT2D eigenvalue weighted by atomic mass is 10.1. The van der Waals surface area contributed by atoms with Gasteiger partial charge in [-0.2, -0.15) is 8.78 Å². The molecule has 28 heavy (non-hydrogen) atoms. The van der Waals surface area contributed by atoms with E-state index in [9.17, 15) is 8.78 Å². The van der Waals surface area contributed by atoms with Crippen LogP contribution in [-0.2, 0) is 6.42 Å². The molecule has 0 aliphatic carbocycles. The summed E-state index contributed by atoms with van der Waals surface area (Å²) in [5.74, 6) is 1.42. The molecular weight excluding hydrogens is 499 g/mol. The third-order valence-electron chi connectivity index (χ3n) is 3.98. The van der Waals surface area contributed by atoms with Crippen molar-refractivity contribution in [2.75, 3.05) is 27.2 Å². The van der Waals surface area contributed by atoms with Crippen molar-refractivity contribution < 1.29 is 18.3 Å². The summed E-state index contributed by atoms with van der Waals surface area (Å²) in [5, 5.41) is 8.60. The molecule has 0 spiro atoms. The van der Waals surface area contributed by atoms with Crippen LogP contribution < -0.4 is 20.1 Å². The van der Waals surface area contributed by atoms with Gasteiger partial charge in [0, 0.05) is 30.9 Å². The minimum absolute atomic E-state index is 0. The number of halogens is 3. The maximum Gasteiger partial charge on any atom is 0.387 e. The van der Waals surface area contributed by atoms with Crippen molar-refractivity contribution in [1.82, 2.24) is 10.6 Å². The highest BCUT2D eigenvalue weighted by atomic mass is 127. The Morgan fingerprint density at radius 2 is 2.00 bits per heavy atom. The molecule has 0 saturated heterocycles. The van der Waals surface area contributed by atoms with Crippen LogP contribution >= 0.6 is 35.3 Å². The fraction of sp³-hybridized carbons (Fsp3) is 0.421. The lowest BCUT2D eigenvalue weighted by Crippen LogP contribution is -2.39. The first-order chi connectivity index (χ1) is 13.0. The van der Waals surface area contributed by atoms with Gasteiger partial charge in [-0.15, -0.1) is 35.3 Å². The first-order valence-electron chi connectivity index (χ1n) is 8.63. The summed E-state index contributed by atoms with van der Waals surface area (Å²) in [6, 6.07) is 9.19. The predicted molar refractivity (Wildman–Crippen MR) is 121 cm³/mol. The topological polar surface area (TPSA) is 54.9 Å². The largest absolute Gasteiger partial charge is 0.493 e. The molecule has 0 bridgehead atoms.